The molecule has 3 aromatic rings. The third-order valence-corrected chi connectivity index (χ3v) is 5.70. The molecule has 1 aliphatic heterocycles. The van der Waals surface area contributed by atoms with Crippen LogP contribution in [0.1, 0.15) is 15.9 Å². The number of rotatable bonds is 5. The van der Waals surface area contributed by atoms with Crippen molar-refractivity contribution in [2.24, 2.45) is 0 Å². The quantitative estimate of drug-likeness (QED) is 0.443. The fourth-order valence-electron chi connectivity index (χ4n) is 3.24. The first-order valence-corrected chi connectivity index (χ1v) is 10.5. The number of imide groups is 1. The Kier molecular flexibility index (Phi) is 6.09. The van der Waals surface area contributed by atoms with Crippen molar-refractivity contribution in [1.82, 2.24) is 0 Å². The highest BCUT2D eigenvalue weighted by Gasteiger charge is 2.39. The van der Waals surface area contributed by atoms with Crippen molar-refractivity contribution in [3.63, 3.8) is 0 Å². The van der Waals surface area contributed by atoms with Crippen LogP contribution in [0.3, 0.4) is 0 Å². The van der Waals surface area contributed by atoms with Crippen molar-refractivity contribution in [3.8, 4) is 5.75 Å². The van der Waals surface area contributed by atoms with Crippen LogP contribution in [0.15, 0.2) is 77.5 Å². The minimum Gasteiger partial charge on any atom is -0.508 e. The maximum atomic E-state index is 13.0. The molecule has 0 radical (unpaired) electrons. The molecule has 0 saturated carbocycles. The summed E-state index contributed by atoms with van der Waals surface area (Å²) in [5.74, 6) is -1.72. The number of hydrogen-bond donors (Lipinski definition) is 3. The molecule has 9 heteroatoms. The zero-order chi connectivity index (χ0) is 23.7. The van der Waals surface area contributed by atoms with E-state index in [0.29, 0.717) is 27.6 Å². The first-order chi connectivity index (χ1) is 15.7. The third kappa shape index (κ3) is 4.55. The lowest BCUT2D eigenvalue weighted by molar-refractivity contribution is -0.120. The Labute approximate surface area is 199 Å². The molecule has 0 unspecified atom stereocenters. The van der Waals surface area contributed by atoms with Gasteiger partial charge >= 0.3 is 0 Å². The summed E-state index contributed by atoms with van der Waals surface area (Å²) in [5.41, 5.74) is 2.10. The highest BCUT2D eigenvalue weighted by Crippen LogP contribution is 2.32. The second kappa shape index (κ2) is 8.97. The van der Waals surface area contributed by atoms with E-state index in [2.05, 4.69) is 10.6 Å². The molecule has 3 aromatic carbocycles. The molecule has 0 spiro atoms. The van der Waals surface area contributed by atoms with E-state index < -0.39 is 17.7 Å². The van der Waals surface area contributed by atoms with Crippen molar-refractivity contribution in [3.05, 3.63) is 93.6 Å². The lowest BCUT2D eigenvalue weighted by atomic mass is 10.1. The highest BCUT2D eigenvalue weighted by atomic mass is 35.5. The van der Waals surface area contributed by atoms with Gasteiger partial charge in [0.1, 0.15) is 16.5 Å². The van der Waals surface area contributed by atoms with Crippen molar-refractivity contribution >= 4 is 58.0 Å². The fourth-order valence-corrected chi connectivity index (χ4v) is 3.62. The predicted octanol–water partition coefficient (Wildman–Crippen LogP) is 5.04. The van der Waals surface area contributed by atoms with Crippen LogP contribution in [0, 0.1) is 6.92 Å². The van der Waals surface area contributed by atoms with Gasteiger partial charge in [-0.05, 0) is 55.0 Å². The van der Waals surface area contributed by atoms with Gasteiger partial charge in [-0.15, -0.1) is 0 Å². The molecule has 3 N–H and O–H groups in total. The standard InChI is InChI=1S/C24H17Cl2N3O4/c1-13-8-9-17(12-19(13)25)29-23(32)20(26)21(24(29)33)27-15-5-2-4-14(10-15)22(31)28-16-6-3-7-18(30)11-16/h2-12,27,30H,1H3,(H,28,31). The van der Waals surface area contributed by atoms with E-state index in [0.717, 1.165) is 10.5 Å². The number of amides is 3. The lowest BCUT2D eigenvalue weighted by Crippen LogP contribution is -2.32. The molecule has 7 nitrogen and oxygen atoms in total. The third-order valence-electron chi connectivity index (χ3n) is 4.94. The number of aryl methyl sites for hydroxylation is 1. The summed E-state index contributed by atoms with van der Waals surface area (Å²) in [6, 6.07) is 17.3. The molecule has 3 amide bonds. The number of carbonyl (C=O) groups is 3. The zero-order valence-corrected chi connectivity index (χ0v) is 18.7. The summed E-state index contributed by atoms with van der Waals surface area (Å²) in [6.07, 6.45) is 0. The highest BCUT2D eigenvalue weighted by molar-refractivity contribution is 6.53. The molecule has 0 bridgehead atoms. The largest absolute Gasteiger partial charge is 0.508 e. The number of nitrogens with zero attached hydrogens (tertiary/aromatic N) is 1. The molecule has 0 atom stereocenters. The van der Waals surface area contributed by atoms with Gasteiger partial charge in [0.2, 0.25) is 0 Å². The monoisotopic (exact) mass is 481 g/mol. The number of anilines is 3. The molecule has 0 fully saturated rings. The van der Waals surface area contributed by atoms with Gasteiger partial charge in [0.25, 0.3) is 17.7 Å². The van der Waals surface area contributed by atoms with E-state index in [4.69, 9.17) is 23.2 Å². The fraction of sp³-hybridized carbons (Fsp3) is 0.0417. The van der Waals surface area contributed by atoms with Crippen LogP contribution in [0.5, 0.6) is 5.75 Å². The van der Waals surface area contributed by atoms with Crippen molar-refractivity contribution in [2.45, 2.75) is 6.92 Å². The minimum absolute atomic E-state index is 0.0219. The average Bonchev–Trinajstić information content (AvgIpc) is 2.99. The van der Waals surface area contributed by atoms with E-state index in [1.54, 1.807) is 42.5 Å². The SMILES string of the molecule is Cc1ccc(N2C(=O)C(Cl)=C(Nc3cccc(C(=O)Nc4cccc(O)c4)c3)C2=O)cc1Cl. The molecule has 166 valence electrons. The Balaban J connectivity index is 1.55. The molecule has 1 aliphatic rings. The second-order valence-electron chi connectivity index (χ2n) is 7.28. The summed E-state index contributed by atoms with van der Waals surface area (Å²) >= 11 is 12.3. The Morgan fingerprint density at radius 1 is 0.909 bits per heavy atom. The van der Waals surface area contributed by atoms with Gasteiger partial charge in [0.05, 0.1) is 5.69 Å². The maximum absolute atomic E-state index is 13.0. The molecular weight excluding hydrogens is 465 g/mol. The Bertz CT molecular complexity index is 1340. The van der Waals surface area contributed by atoms with Crippen molar-refractivity contribution in [1.29, 1.82) is 0 Å². The van der Waals surface area contributed by atoms with Gasteiger partial charge in [0, 0.05) is 28.0 Å². The molecule has 0 saturated heterocycles. The Morgan fingerprint density at radius 2 is 1.64 bits per heavy atom. The molecule has 0 aromatic heterocycles. The van der Waals surface area contributed by atoms with Crippen LogP contribution in [-0.2, 0) is 9.59 Å². The Morgan fingerprint density at radius 3 is 2.36 bits per heavy atom. The van der Waals surface area contributed by atoms with Crippen molar-refractivity contribution < 1.29 is 19.5 Å². The summed E-state index contributed by atoms with van der Waals surface area (Å²) < 4.78 is 0. The number of nitrogens with one attached hydrogen (secondary N) is 2. The topological polar surface area (TPSA) is 98.7 Å². The number of phenolic OH excluding ortho intramolecular Hbond substituents is 1. The van der Waals surface area contributed by atoms with E-state index >= 15 is 0 Å². The van der Waals surface area contributed by atoms with Gasteiger partial charge in [0.15, 0.2) is 0 Å². The molecular formula is C24H17Cl2N3O4. The van der Waals surface area contributed by atoms with Gasteiger partial charge < -0.3 is 15.7 Å². The minimum atomic E-state index is -0.679. The molecule has 1 heterocycles. The van der Waals surface area contributed by atoms with Crippen LogP contribution in [0.2, 0.25) is 5.02 Å². The van der Waals surface area contributed by atoms with Crippen LogP contribution >= 0.6 is 23.2 Å². The van der Waals surface area contributed by atoms with E-state index in [-0.39, 0.29) is 16.5 Å². The van der Waals surface area contributed by atoms with Crippen LogP contribution in [0.25, 0.3) is 0 Å². The van der Waals surface area contributed by atoms with Gasteiger partial charge in [-0.3, -0.25) is 14.4 Å². The lowest BCUT2D eigenvalue weighted by Gasteiger charge is -2.16. The van der Waals surface area contributed by atoms with Gasteiger partial charge in [-0.25, -0.2) is 4.90 Å². The number of benzene rings is 3. The predicted molar refractivity (Wildman–Crippen MR) is 128 cm³/mol. The Hall–Kier alpha value is -3.81. The number of carbonyl (C=O) groups excluding carboxylic acids is 3. The molecule has 33 heavy (non-hydrogen) atoms. The average molecular weight is 482 g/mol. The van der Waals surface area contributed by atoms with Gasteiger partial charge in [-0.2, -0.15) is 0 Å². The first kappa shape index (κ1) is 22.4. The van der Waals surface area contributed by atoms with E-state index in [1.807, 2.05) is 6.92 Å². The summed E-state index contributed by atoms with van der Waals surface area (Å²) in [5, 5.41) is 15.2. The summed E-state index contributed by atoms with van der Waals surface area (Å²) in [4.78, 5) is 39.2. The van der Waals surface area contributed by atoms with Crippen LogP contribution in [-0.4, -0.2) is 22.8 Å². The number of phenols is 1. The number of aromatic hydroxyl groups is 1. The normalized spacial score (nSPS) is 13.5. The zero-order valence-electron chi connectivity index (χ0n) is 17.2. The van der Waals surface area contributed by atoms with E-state index in [1.165, 1.54) is 24.3 Å². The van der Waals surface area contributed by atoms with Crippen LogP contribution < -0.4 is 15.5 Å². The van der Waals surface area contributed by atoms with Gasteiger partial charge in [-0.1, -0.05) is 41.4 Å². The molecule has 0 aliphatic carbocycles. The van der Waals surface area contributed by atoms with E-state index in [9.17, 15) is 19.5 Å². The smallest absolute Gasteiger partial charge is 0.283 e. The van der Waals surface area contributed by atoms with Crippen molar-refractivity contribution in [2.75, 3.05) is 15.5 Å². The number of hydrogen-bond acceptors (Lipinski definition) is 5. The summed E-state index contributed by atoms with van der Waals surface area (Å²) in [7, 11) is 0. The first-order valence-electron chi connectivity index (χ1n) is 9.77. The van der Waals surface area contributed by atoms with Crippen LogP contribution in [0.4, 0.5) is 17.1 Å². The maximum Gasteiger partial charge on any atom is 0.283 e. The molecule has 4 rings (SSSR count). The summed E-state index contributed by atoms with van der Waals surface area (Å²) in [6.45, 7) is 1.81. The number of halogens is 2. The second-order valence-corrected chi connectivity index (χ2v) is 8.06.